The van der Waals surface area contributed by atoms with Crippen LogP contribution in [-0.2, 0) is 10.2 Å². The van der Waals surface area contributed by atoms with Crippen LogP contribution in [0.5, 0.6) is 0 Å². The van der Waals surface area contributed by atoms with E-state index in [1.807, 2.05) is 24.3 Å². The standard InChI is InChI=1S/C31H29NO/c1-30(2,26-15-8-5-9-16-26)27-17-11-20-31(3,21-19-27)29(24-12-6-4-7-13-24)25-14-10-18-28(22-25)32-23-33/h4-22,29H,1-3H3. The first-order chi connectivity index (χ1) is 15.9. The maximum absolute atomic E-state index is 10.9. The Hall–Kier alpha value is -3.74. The molecule has 0 aliphatic heterocycles. The van der Waals surface area contributed by atoms with E-state index in [2.05, 4.69) is 117 Å². The summed E-state index contributed by atoms with van der Waals surface area (Å²) >= 11 is 0. The first-order valence-electron chi connectivity index (χ1n) is 11.3. The highest BCUT2D eigenvalue weighted by molar-refractivity contribution is 5.53. The Labute approximate surface area is 196 Å². The van der Waals surface area contributed by atoms with Gasteiger partial charge in [0.25, 0.3) is 0 Å². The lowest BCUT2D eigenvalue weighted by atomic mass is 9.69. The van der Waals surface area contributed by atoms with E-state index in [4.69, 9.17) is 0 Å². The second kappa shape index (κ2) is 9.40. The fraction of sp³-hybridized carbons (Fsp3) is 0.194. The van der Waals surface area contributed by atoms with E-state index in [0.29, 0.717) is 5.69 Å². The molecular formula is C31H29NO. The first kappa shape index (κ1) is 22.5. The molecule has 1 aliphatic rings. The highest BCUT2D eigenvalue weighted by Crippen LogP contribution is 2.46. The highest BCUT2D eigenvalue weighted by atomic mass is 16.1. The lowest BCUT2D eigenvalue weighted by Gasteiger charge is -2.34. The average molecular weight is 432 g/mol. The number of nitrogens with zero attached hydrogens (tertiary/aromatic N) is 1. The molecule has 3 aromatic rings. The van der Waals surface area contributed by atoms with Crippen LogP contribution in [0.15, 0.2) is 126 Å². The molecule has 1 aliphatic carbocycles. The number of rotatable bonds is 6. The van der Waals surface area contributed by atoms with E-state index in [0.717, 1.165) is 5.56 Å². The summed E-state index contributed by atoms with van der Waals surface area (Å²) in [5.74, 6) is 0.0561. The second-order valence-electron chi connectivity index (χ2n) is 9.31. The van der Waals surface area contributed by atoms with Crippen molar-refractivity contribution >= 4 is 11.8 Å². The van der Waals surface area contributed by atoms with Crippen molar-refractivity contribution in [2.75, 3.05) is 0 Å². The highest BCUT2D eigenvalue weighted by Gasteiger charge is 2.34. The van der Waals surface area contributed by atoms with E-state index < -0.39 is 0 Å². The number of aliphatic imine (C=N–C) groups is 1. The number of hydrogen-bond acceptors (Lipinski definition) is 2. The van der Waals surface area contributed by atoms with Crippen LogP contribution in [-0.4, -0.2) is 6.08 Å². The van der Waals surface area contributed by atoms with Gasteiger partial charge >= 0.3 is 0 Å². The van der Waals surface area contributed by atoms with Crippen LogP contribution < -0.4 is 0 Å². The van der Waals surface area contributed by atoms with Gasteiger partial charge in [-0.2, -0.15) is 4.99 Å². The van der Waals surface area contributed by atoms with Gasteiger partial charge in [-0.3, -0.25) is 0 Å². The molecule has 3 aromatic carbocycles. The van der Waals surface area contributed by atoms with Crippen LogP contribution in [0.4, 0.5) is 5.69 Å². The number of benzene rings is 3. The Kier molecular flexibility index (Phi) is 6.40. The minimum Gasteiger partial charge on any atom is -0.211 e. The van der Waals surface area contributed by atoms with Crippen molar-refractivity contribution in [3.8, 4) is 0 Å². The Morgan fingerprint density at radius 1 is 0.848 bits per heavy atom. The van der Waals surface area contributed by atoms with Crippen LogP contribution in [0, 0.1) is 5.41 Å². The van der Waals surface area contributed by atoms with Crippen molar-refractivity contribution in [3.05, 3.63) is 138 Å². The lowest BCUT2D eigenvalue weighted by Crippen LogP contribution is -2.23. The number of isocyanates is 1. The van der Waals surface area contributed by atoms with Crippen molar-refractivity contribution in [2.24, 2.45) is 10.4 Å². The Bertz CT molecular complexity index is 1240. The predicted octanol–water partition coefficient (Wildman–Crippen LogP) is 7.82. The van der Waals surface area contributed by atoms with Crippen molar-refractivity contribution in [1.82, 2.24) is 0 Å². The van der Waals surface area contributed by atoms with Gasteiger partial charge in [0.2, 0.25) is 6.08 Å². The van der Waals surface area contributed by atoms with Crippen LogP contribution in [0.2, 0.25) is 0 Å². The second-order valence-corrected chi connectivity index (χ2v) is 9.31. The summed E-state index contributed by atoms with van der Waals surface area (Å²) < 4.78 is 0. The van der Waals surface area contributed by atoms with Crippen molar-refractivity contribution < 1.29 is 4.79 Å². The predicted molar refractivity (Wildman–Crippen MR) is 136 cm³/mol. The molecule has 0 bridgehead atoms. The molecule has 4 rings (SSSR count). The topological polar surface area (TPSA) is 29.4 Å². The van der Waals surface area contributed by atoms with Gasteiger partial charge in [-0.05, 0) is 34.4 Å². The Morgan fingerprint density at radius 2 is 1.52 bits per heavy atom. The zero-order chi connectivity index (χ0) is 23.3. The molecule has 0 aromatic heterocycles. The largest absolute Gasteiger partial charge is 0.240 e. The van der Waals surface area contributed by atoms with E-state index in [1.165, 1.54) is 16.7 Å². The van der Waals surface area contributed by atoms with Gasteiger partial charge in [0.05, 0.1) is 5.69 Å². The Balaban J connectivity index is 1.78. The third-order valence-electron chi connectivity index (χ3n) is 6.70. The van der Waals surface area contributed by atoms with Gasteiger partial charge in [0.1, 0.15) is 0 Å². The summed E-state index contributed by atoms with van der Waals surface area (Å²) in [6, 6.07) is 29.0. The molecule has 33 heavy (non-hydrogen) atoms. The third-order valence-corrected chi connectivity index (χ3v) is 6.70. The molecule has 0 fully saturated rings. The van der Waals surface area contributed by atoms with Gasteiger partial charge in [-0.1, -0.05) is 124 Å². The maximum Gasteiger partial charge on any atom is 0.240 e. The van der Waals surface area contributed by atoms with E-state index in [9.17, 15) is 4.79 Å². The van der Waals surface area contributed by atoms with Gasteiger partial charge in [-0.15, -0.1) is 0 Å². The van der Waals surface area contributed by atoms with Crippen LogP contribution >= 0.6 is 0 Å². The lowest BCUT2D eigenvalue weighted by molar-refractivity contribution is 0.477. The zero-order valence-electron chi connectivity index (χ0n) is 19.4. The van der Waals surface area contributed by atoms with E-state index >= 15 is 0 Å². The summed E-state index contributed by atoms with van der Waals surface area (Å²) in [6.07, 6.45) is 13.0. The minimum absolute atomic E-state index is 0.0561. The SMILES string of the molecule is CC(C)(C1=CC=CC(C)(C(c2ccccc2)c2cccc(N=C=O)c2)C=C1)c1ccccc1. The molecule has 2 atom stereocenters. The van der Waals surface area contributed by atoms with E-state index in [1.54, 1.807) is 6.08 Å². The molecule has 0 heterocycles. The third kappa shape index (κ3) is 4.72. The van der Waals surface area contributed by atoms with Gasteiger partial charge in [-0.25, -0.2) is 4.79 Å². The Morgan fingerprint density at radius 3 is 2.21 bits per heavy atom. The monoisotopic (exact) mass is 431 g/mol. The molecule has 0 N–H and O–H groups in total. The van der Waals surface area contributed by atoms with Gasteiger partial charge < -0.3 is 0 Å². The smallest absolute Gasteiger partial charge is 0.211 e. The number of hydrogen-bond donors (Lipinski definition) is 0. The molecule has 2 unspecified atom stereocenters. The van der Waals surface area contributed by atoms with E-state index in [-0.39, 0.29) is 16.7 Å². The summed E-state index contributed by atoms with van der Waals surface area (Å²) in [4.78, 5) is 14.7. The fourth-order valence-corrected chi connectivity index (χ4v) is 4.75. The summed E-state index contributed by atoms with van der Waals surface area (Å²) in [7, 11) is 0. The molecular weight excluding hydrogens is 402 g/mol. The normalized spacial score (nSPS) is 18.7. The molecule has 2 nitrogen and oxygen atoms in total. The van der Waals surface area contributed by atoms with Gasteiger partial charge in [0, 0.05) is 16.7 Å². The molecule has 0 saturated heterocycles. The van der Waals surface area contributed by atoms with Crippen LogP contribution in [0.25, 0.3) is 0 Å². The zero-order valence-corrected chi connectivity index (χ0v) is 19.4. The van der Waals surface area contributed by atoms with Crippen molar-refractivity contribution in [2.45, 2.75) is 32.1 Å². The maximum atomic E-state index is 10.9. The summed E-state index contributed by atoms with van der Waals surface area (Å²) in [6.45, 7) is 6.80. The van der Waals surface area contributed by atoms with Crippen LogP contribution in [0.3, 0.4) is 0 Å². The van der Waals surface area contributed by atoms with Crippen molar-refractivity contribution in [3.63, 3.8) is 0 Å². The van der Waals surface area contributed by atoms with Gasteiger partial charge in [0.15, 0.2) is 0 Å². The number of carbonyl (C=O) groups excluding carboxylic acids is 1. The fourth-order valence-electron chi connectivity index (χ4n) is 4.75. The van der Waals surface area contributed by atoms with Crippen LogP contribution in [0.1, 0.15) is 43.4 Å². The first-order valence-corrected chi connectivity index (χ1v) is 11.3. The number of allylic oxidation sites excluding steroid dienone is 6. The summed E-state index contributed by atoms with van der Waals surface area (Å²) in [5.41, 5.74) is 5.10. The molecule has 0 spiro atoms. The molecule has 0 saturated carbocycles. The molecule has 0 radical (unpaired) electrons. The quantitative estimate of drug-likeness (QED) is 0.289. The summed E-state index contributed by atoms with van der Waals surface area (Å²) in [5, 5.41) is 0. The minimum atomic E-state index is -0.282. The van der Waals surface area contributed by atoms with Crippen molar-refractivity contribution in [1.29, 1.82) is 0 Å². The molecule has 0 amide bonds. The average Bonchev–Trinajstić information content (AvgIpc) is 3.03. The molecule has 164 valence electrons. The molecule has 2 heteroatoms.